The molecule has 0 atom stereocenters. The van der Waals surface area contributed by atoms with Crippen molar-refractivity contribution in [2.75, 3.05) is 43.6 Å². The van der Waals surface area contributed by atoms with Crippen LogP contribution in [0.1, 0.15) is 47.1 Å². The molecule has 9 nitrogen and oxygen atoms in total. The molecule has 184 valence electrons. The Balaban J connectivity index is 1.92. The zero-order valence-electron chi connectivity index (χ0n) is 20.1. The lowest BCUT2D eigenvalue weighted by Crippen LogP contribution is -2.40. The van der Waals surface area contributed by atoms with E-state index in [1.807, 2.05) is 6.07 Å². The number of nitrogens with one attached hydrogen (secondary N) is 2. The summed E-state index contributed by atoms with van der Waals surface area (Å²) in [5.74, 6) is -1.12. The number of sulfonamides is 1. The zero-order chi connectivity index (χ0) is 25.1. The van der Waals surface area contributed by atoms with Crippen molar-refractivity contribution in [2.45, 2.75) is 38.1 Å². The van der Waals surface area contributed by atoms with Gasteiger partial charge in [0.1, 0.15) is 0 Å². The lowest BCUT2D eigenvalue weighted by atomic mass is 10.1. The maximum Gasteiger partial charge on any atom is 0.340 e. The first-order chi connectivity index (χ1) is 15.9. The molecule has 1 fully saturated rings. The van der Waals surface area contributed by atoms with E-state index in [2.05, 4.69) is 14.9 Å². The van der Waals surface area contributed by atoms with Crippen LogP contribution in [0.15, 0.2) is 41.3 Å². The number of hydrogen-bond donors (Lipinski definition) is 2. The molecule has 2 aromatic carbocycles. The summed E-state index contributed by atoms with van der Waals surface area (Å²) in [6.07, 6.45) is 0. The second-order valence-electron chi connectivity index (χ2n) is 9.11. The molecule has 1 saturated heterocycles. The molecule has 0 aromatic heterocycles. The average Bonchev–Trinajstić information content (AvgIpc) is 2.78. The van der Waals surface area contributed by atoms with Crippen LogP contribution < -0.4 is 14.9 Å². The molecule has 1 aliphatic heterocycles. The number of methoxy groups -OCH3 is 1. The van der Waals surface area contributed by atoms with Crippen LogP contribution in [-0.2, 0) is 19.5 Å². The van der Waals surface area contributed by atoms with Gasteiger partial charge in [-0.25, -0.2) is 17.9 Å². The molecule has 0 spiro atoms. The summed E-state index contributed by atoms with van der Waals surface area (Å²) in [5, 5.41) is 2.74. The van der Waals surface area contributed by atoms with Crippen LogP contribution in [0.2, 0.25) is 0 Å². The van der Waals surface area contributed by atoms with E-state index in [0.29, 0.717) is 31.9 Å². The SMILES string of the molecule is COC(=O)c1cc(N2CCOCC2)ccc1NC(=O)c1cc(S(=O)(=O)NC(C)(C)C)ccc1C. The number of ether oxygens (including phenoxy) is 2. The molecule has 10 heteroatoms. The highest BCUT2D eigenvalue weighted by atomic mass is 32.2. The Morgan fingerprint density at radius 1 is 1.03 bits per heavy atom. The Labute approximate surface area is 200 Å². The fourth-order valence-corrected chi connectivity index (χ4v) is 5.05. The predicted molar refractivity (Wildman–Crippen MR) is 130 cm³/mol. The van der Waals surface area contributed by atoms with E-state index in [0.717, 1.165) is 5.69 Å². The summed E-state index contributed by atoms with van der Waals surface area (Å²) in [4.78, 5) is 27.7. The van der Waals surface area contributed by atoms with Gasteiger partial charge in [-0.05, 0) is 63.6 Å². The summed E-state index contributed by atoms with van der Waals surface area (Å²) in [6.45, 7) is 9.49. The van der Waals surface area contributed by atoms with Crippen LogP contribution in [0.3, 0.4) is 0 Å². The van der Waals surface area contributed by atoms with E-state index in [-0.39, 0.29) is 21.7 Å². The van der Waals surface area contributed by atoms with Crippen LogP contribution in [0.4, 0.5) is 11.4 Å². The topological polar surface area (TPSA) is 114 Å². The maximum atomic E-state index is 13.1. The van der Waals surface area contributed by atoms with Crippen molar-refractivity contribution < 1.29 is 27.5 Å². The molecule has 2 aromatic rings. The fourth-order valence-electron chi connectivity index (χ4n) is 3.60. The van der Waals surface area contributed by atoms with E-state index >= 15 is 0 Å². The van der Waals surface area contributed by atoms with Gasteiger partial charge in [0.25, 0.3) is 5.91 Å². The van der Waals surface area contributed by atoms with Gasteiger partial charge < -0.3 is 19.7 Å². The number of benzene rings is 2. The molecule has 1 heterocycles. The minimum absolute atomic E-state index is 0.0194. The number of nitrogens with zero attached hydrogens (tertiary/aromatic N) is 1. The van der Waals surface area contributed by atoms with E-state index in [9.17, 15) is 18.0 Å². The monoisotopic (exact) mass is 489 g/mol. The minimum Gasteiger partial charge on any atom is -0.465 e. The van der Waals surface area contributed by atoms with Crippen LogP contribution in [0.25, 0.3) is 0 Å². The highest BCUT2D eigenvalue weighted by Gasteiger charge is 2.24. The van der Waals surface area contributed by atoms with Crippen molar-refractivity contribution in [1.29, 1.82) is 0 Å². The molecule has 0 saturated carbocycles. The number of hydrogen-bond acceptors (Lipinski definition) is 7. The van der Waals surface area contributed by atoms with Crippen molar-refractivity contribution in [2.24, 2.45) is 0 Å². The van der Waals surface area contributed by atoms with Gasteiger partial charge in [-0.2, -0.15) is 0 Å². The predicted octanol–water partition coefficient (Wildman–Crippen LogP) is 2.95. The molecule has 0 unspecified atom stereocenters. The quantitative estimate of drug-likeness (QED) is 0.600. The van der Waals surface area contributed by atoms with Crippen molar-refractivity contribution in [3.63, 3.8) is 0 Å². The minimum atomic E-state index is -3.83. The summed E-state index contributed by atoms with van der Waals surface area (Å²) in [7, 11) is -2.55. The van der Waals surface area contributed by atoms with Gasteiger partial charge in [-0.15, -0.1) is 0 Å². The maximum absolute atomic E-state index is 13.1. The van der Waals surface area contributed by atoms with Gasteiger partial charge in [0.15, 0.2) is 0 Å². The third-order valence-corrected chi connectivity index (χ3v) is 6.99. The molecular weight excluding hydrogens is 458 g/mol. The standard InChI is InChI=1S/C24H31N3O6S/c1-16-6-8-18(34(30,31)26-24(2,3)4)15-19(16)22(28)25-21-9-7-17(14-20(21)23(29)32-5)27-10-12-33-13-11-27/h6-9,14-15,26H,10-13H2,1-5H3,(H,25,28). The molecule has 1 aliphatic rings. The number of esters is 1. The van der Waals surface area contributed by atoms with Gasteiger partial charge in [0, 0.05) is 29.9 Å². The van der Waals surface area contributed by atoms with Crippen LogP contribution in [-0.4, -0.2) is 59.2 Å². The second-order valence-corrected chi connectivity index (χ2v) is 10.8. The summed E-state index contributed by atoms with van der Waals surface area (Å²) in [5.41, 5.74) is 1.40. The van der Waals surface area contributed by atoms with Gasteiger partial charge in [0.05, 0.1) is 36.5 Å². The molecule has 1 amide bonds. The Bertz CT molecular complexity index is 1180. The number of aryl methyl sites for hydroxylation is 1. The van der Waals surface area contributed by atoms with E-state index in [1.54, 1.807) is 45.9 Å². The lowest BCUT2D eigenvalue weighted by molar-refractivity contribution is 0.0602. The number of carbonyl (C=O) groups is 2. The Morgan fingerprint density at radius 3 is 2.32 bits per heavy atom. The number of rotatable bonds is 6. The first-order valence-corrected chi connectivity index (χ1v) is 12.4. The van der Waals surface area contributed by atoms with Gasteiger partial charge in [-0.1, -0.05) is 6.07 Å². The second kappa shape index (κ2) is 10.1. The average molecular weight is 490 g/mol. The van der Waals surface area contributed by atoms with Crippen molar-refractivity contribution in [1.82, 2.24) is 4.72 Å². The molecular formula is C24H31N3O6S. The zero-order valence-corrected chi connectivity index (χ0v) is 20.9. The first-order valence-electron chi connectivity index (χ1n) is 10.9. The molecule has 0 bridgehead atoms. The van der Waals surface area contributed by atoms with Crippen molar-refractivity contribution >= 4 is 33.3 Å². The van der Waals surface area contributed by atoms with Gasteiger partial charge >= 0.3 is 5.97 Å². The third-order valence-electron chi connectivity index (χ3n) is 5.24. The van der Waals surface area contributed by atoms with E-state index in [1.165, 1.54) is 19.2 Å². The molecule has 0 aliphatic carbocycles. The fraction of sp³-hybridized carbons (Fsp3) is 0.417. The summed E-state index contributed by atoms with van der Waals surface area (Å²) >= 11 is 0. The van der Waals surface area contributed by atoms with E-state index < -0.39 is 27.4 Å². The number of morpholine rings is 1. The Morgan fingerprint density at radius 2 is 1.71 bits per heavy atom. The Kier molecular flexibility index (Phi) is 7.64. The van der Waals surface area contributed by atoms with Gasteiger partial charge in [0.2, 0.25) is 10.0 Å². The molecule has 34 heavy (non-hydrogen) atoms. The largest absolute Gasteiger partial charge is 0.465 e. The molecule has 0 radical (unpaired) electrons. The van der Waals surface area contributed by atoms with Crippen LogP contribution in [0.5, 0.6) is 0 Å². The highest BCUT2D eigenvalue weighted by Crippen LogP contribution is 2.26. The normalized spacial score (nSPS) is 14.6. The number of carbonyl (C=O) groups excluding carboxylic acids is 2. The van der Waals surface area contributed by atoms with Gasteiger partial charge in [-0.3, -0.25) is 4.79 Å². The summed E-state index contributed by atoms with van der Waals surface area (Å²) < 4.78 is 38.4. The Hall–Kier alpha value is -2.95. The third kappa shape index (κ3) is 6.13. The van der Waals surface area contributed by atoms with Crippen molar-refractivity contribution in [3.05, 3.63) is 53.1 Å². The summed E-state index contributed by atoms with van der Waals surface area (Å²) in [6, 6.07) is 9.50. The number of anilines is 2. The highest BCUT2D eigenvalue weighted by molar-refractivity contribution is 7.89. The van der Waals surface area contributed by atoms with E-state index in [4.69, 9.17) is 9.47 Å². The first kappa shape index (κ1) is 25.7. The van der Waals surface area contributed by atoms with Crippen molar-refractivity contribution in [3.8, 4) is 0 Å². The lowest BCUT2D eigenvalue weighted by Gasteiger charge is -2.29. The smallest absolute Gasteiger partial charge is 0.340 e. The number of amides is 1. The molecule has 2 N–H and O–H groups in total. The van der Waals surface area contributed by atoms with Crippen LogP contribution >= 0.6 is 0 Å². The van der Waals surface area contributed by atoms with Crippen LogP contribution in [0, 0.1) is 6.92 Å². The molecule has 3 rings (SSSR count).